The van der Waals surface area contributed by atoms with E-state index in [1.54, 1.807) is 30.3 Å². The maximum absolute atomic E-state index is 11.8. The fraction of sp³-hybridized carbons (Fsp3) is 0.409. The molecule has 0 aliphatic carbocycles. The largest absolute Gasteiger partial charge is 0.508 e. The Morgan fingerprint density at radius 3 is 2.57 bits per heavy atom. The number of aromatic hydroxyl groups is 1. The Morgan fingerprint density at radius 2 is 1.87 bits per heavy atom. The van der Waals surface area contributed by atoms with Crippen molar-refractivity contribution in [3.8, 4) is 5.75 Å². The van der Waals surface area contributed by atoms with Crippen LogP contribution < -0.4 is 11.1 Å². The summed E-state index contributed by atoms with van der Waals surface area (Å²) in [5.41, 5.74) is 7.54. The summed E-state index contributed by atoms with van der Waals surface area (Å²) < 4.78 is 5.22. The van der Waals surface area contributed by atoms with Gasteiger partial charge in [-0.3, -0.25) is 4.79 Å². The van der Waals surface area contributed by atoms with Crippen LogP contribution in [0.2, 0.25) is 10.0 Å². The summed E-state index contributed by atoms with van der Waals surface area (Å²) in [5, 5.41) is 23.5. The van der Waals surface area contributed by atoms with Gasteiger partial charge in [0, 0.05) is 19.4 Å². The number of carbonyl (C=O) groups excluding carboxylic acids is 1. The van der Waals surface area contributed by atoms with Gasteiger partial charge in [-0.05, 0) is 54.8 Å². The summed E-state index contributed by atoms with van der Waals surface area (Å²) in [6.07, 6.45) is 2.74. The van der Waals surface area contributed by atoms with Crippen molar-refractivity contribution in [2.75, 3.05) is 25.4 Å². The van der Waals surface area contributed by atoms with Crippen LogP contribution in [0.4, 0.5) is 5.69 Å². The quantitative estimate of drug-likeness (QED) is 0.217. The van der Waals surface area contributed by atoms with Gasteiger partial charge < -0.3 is 26.0 Å². The van der Waals surface area contributed by atoms with Gasteiger partial charge in [0.1, 0.15) is 5.75 Å². The van der Waals surface area contributed by atoms with Gasteiger partial charge in [-0.2, -0.15) is 0 Å². The van der Waals surface area contributed by atoms with Crippen molar-refractivity contribution >= 4 is 34.9 Å². The van der Waals surface area contributed by atoms with Gasteiger partial charge in [-0.25, -0.2) is 0 Å². The Balaban J connectivity index is 1.52. The van der Waals surface area contributed by atoms with Crippen molar-refractivity contribution in [2.24, 2.45) is 0 Å². The van der Waals surface area contributed by atoms with Gasteiger partial charge >= 0.3 is 5.97 Å². The summed E-state index contributed by atoms with van der Waals surface area (Å²) in [5.74, 6) is -0.00309. The normalized spacial score (nSPS) is 12.0. The molecule has 0 bridgehead atoms. The zero-order valence-electron chi connectivity index (χ0n) is 16.7. The Morgan fingerprint density at radius 1 is 1.13 bits per heavy atom. The van der Waals surface area contributed by atoms with Gasteiger partial charge in [0.2, 0.25) is 0 Å². The molecule has 0 saturated carbocycles. The van der Waals surface area contributed by atoms with Crippen LogP contribution in [-0.2, 0) is 16.0 Å². The van der Waals surface area contributed by atoms with Crippen LogP contribution in [0.25, 0.3) is 0 Å². The van der Waals surface area contributed by atoms with Gasteiger partial charge in [0.25, 0.3) is 0 Å². The topological polar surface area (TPSA) is 105 Å². The number of benzene rings is 2. The Hall–Kier alpha value is -1.99. The second kappa shape index (κ2) is 12.6. The molecule has 0 saturated heterocycles. The van der Waals surface area contributed by atoms with Gasteiger partial charge in [-0.1, -0.05) is 41.8 Å². The van der Waals surface area contributed by atoms with Crippen molar-refractivity contribution in [3.05, 3.63) is 57.6 Å². The van der Waals surface area contributed by atoms with Crippen molar-refractivity contribution < 1.29 is 19.7 Å². The highest BCUT2D eigenvalue weighted by atomic mass is 35.5. The lowest BCUT2D eigenvalue weighted by Crippen LogP contribution is -2.22. The minimum atomic E-state index is -0.734. The third-order valence-corrected chi connectivity index (χ3v) is 5.25. The average molecular weight is 455 g/mol. The van der Waals surface area contributed by atoms with Gasteiger partial charge in [0.15, 0.2) is 0 Å². The molecule has 0 amide bonds. The van der Waals surface area contributed by atoms with Crippen LogP contribution in [0.1, 0.15) is 42.9 Å². The summed E-state index contributed by atoms with van der Waals surface area (Å²) in [4.78, 5) is 11.8. The van der Waals surface area contributed by atoms with E-state index >= 15 is 0 Å². The number of phenolic OH excluding ortho intramolecular Hbond substituents is 1. The Kier molecular flexibility index (Phi) is 10.2. The van der Waals surface area contributed by atoms with Crippen molar-refractivity contribution in [3.63, 3.8) is 0 Å². The predicted octanol–water partition coefficient (Wildman–Crippen LogP) is 4.25. The number of hydrogen-bond donors (Lipinski definition) is 4. The van der Waals surface area contributed by atoms with Crippen LogP contribution in [-0.4, -0.2) is 35.9 Å². The summed E-state index contributed by atoms with van der Waals surface area (Å²) in [6, 6.07) is 10.1. The zero-order valence-corrected chi connectivity index (χ0v) is 18.3. The molecule has 2 aromatic carbocycles. The first kappa shape index (κ1) is 24.3. The molecule has 5 N–H and O–H groups in total. The van der Waals surface area contributed by atoms with E-state index in [0.717, 1.165) is 31.4 Å². The first-order valence-electron chi connectivity index (χ1n) is 9.93. The number of hydrogen-bond acceptors (Lipinski definition) is 6. The molecule has 0 aliphatic heterocycles. The first-order valence-corrected chi connectivity index (χ1v) is 10.7. The molecule has 0 aliphatic rings. The first-order chi connectivity index (χ1) is 14.4. The van der Waals surface area contributed by atoms with Gasteiger partial charge in [0.05, 0.1) is 28.4 Å². The molecule has 0 radical (unpaired) electrons. The Labute approximate surface area is 186 Å². The maximum Gasteiger partial charge on any atom is 0.305 e. The molecule has 1 unspecified atom stereocenters. The van der Waals surface area contributed by atoms with Crippen molar-refractivity contribution in [2.45, 2.75) is 38.2 Å². The number of halogens is 2. The second-order valence-electron chi connectivity index (χ2n) is 7.07. The number of anilines is 1. The van der Waals surface area contributed by atoms with E-state index < -0.39 is 6.10 Å². The lowest BCUT2D eigenvalue weighted by atomic mass is 10.1. The smallest absolute Gasteiger partial charge is 0.305 e. The summed E-state index contributed by atoms with van der Waals surface area (Å²) in [6.45, 7) is 1.40. The molecule has 2 aromatic rings. The molecule has 30 heavy (non-hydrogen) atoms. The van der Waals surface area contributed by atoms with Gasteiger partial charge in [-0.15, -0.1) is 0 Å². The lowest BCUT2D eigenvalue weighted by molar-refractivity contribution is -0.143. The number of esters is 1. The average Bonchev–Trinajstić information content (AvgIpc) is 2.70. The Bertz CT molecular complexity index is 810. The summed E-state index contributed by atoms with van der Waals surface area (Å²) >= 11 is 12.0. The molecule has 0 aromatic heterocycles. The molecule has 1 atom stereocenters. The van der Waals surface area contributed by atoms with Crippen LogP contribution in [0.15, 0.2) is 36.4 Å². The molecule has 164 valence electrons. The van der Waals surface area contributed by atoms with E-state index in [1.165, 1.54) is 0 Å². The van der Waals surface area contributed by atoms with Crippen molar-refractivity contribution in [1.82, 2.24) is 5.32 Å². The highest BCUT2D eigenvalue weighted by Gasteiger charge is 2.12. The third-order valence-electron chi connectivity index (χ3n) is 4.62. The second-order valence-corrected chi connectivity index (χ2v) is 7.88. The zero-order chi connectivity index (χ0) is 21.9. The van der Waals surface area contributed by atoms with Crippen LogP contribution >= 0.6 is 23.2 Å². The fourth-order valence-corrected chi connectivity index (χ4v) is 3.42. The number of nitrogens with one attached hydrogen (secondary N) is 1. The van der Waals surface area contributed by atoms with Crippen molar-refractivity contribution in [1.29, 1.82) is 0 Å². The number of aliphatic hydroxyl groups excluding tert-OH is 1. The molecule has 6 nitrogen and oxygen atoms in total. The third kappa shape index (κ3) is 8.40. The monoisotopic (exact) mass is 454 g/mol. The molecular formula is C22H28Cl2N2O4. The highest BCUT2D eigenvalue weighted by Crippen LogP contribution is 2.31. The van der Waals surface area contributed by atoms with E-state index in [-0.39, 0.29) is 11.7 Å². The molecule has 0 heterocycles. The lowest BCUT2D eigenvalue weighted by Gasteiger charge is -2.14. The summed E-state index contributed by atoms with van der Waals surface area (Å²) in [7, 11) is 0. The molecular weight excluding hydrogens is 427 g/mol. The predicted molar refractivity (Wildman–Crippen MR) is 120 cm³/mol. The number of rotatable bonds is 12. The maximum atomic E-state index is 11.8. The highest BCUT2D eigenvalue weighted by molar-refractivity contribution is 6.38. The minimum Gasteiger partial charge on any atom is -0.508 e. The molecule has 2 rings (SSSR count). The number of aliphatic hydroxyl groups is 1. The number of carbonyl (C=O) groups is 1. The van der Waals surface area contributed by atoms with E-state index in [2.05, 4.69) is 5.32 Å². The SMILES string of the molecule is Nc1c(Cl)cc(C(O)CNCCCCCC(=O)OCCc2cccc(O)c2)cc1Cl. The van der Waals surface area contributed by atoms with Crippen LogP contribution in [0.5, 0.6) is 5.75 Å². The number of nitrogens with two attached hydrogens (primary N) is 1. The van der Waals surface area contributed by atoms with E-state index in [9.17, 15) is 15.0 Å². The van der Waals surface area contributed by atoms with Crippen LogP contribution in [0.3, 0.4) is 0 Å². The van der Waals surface area contributed by atoms with E-state index in [1.807, 2.05) is 6.07 Å². The molecule has 0 spiro atoms. The number of ether oxygens (including phenoxy) is 1. The molecule has 0 fully saturated rings. The fourth-order valence-electron chi connectivity index (χ4n) is 2.92. The van der Waals surface area contributed by atoms with E-state index in [0.29, 0.717) is 47.3 Å². The minimum absolute atomic E-state index is 0.209. The van der Waals surface area contributed by atoms with Crippen LogP contribution in [0, 0.1) is 0 Å². The number of unbranched alkanes of at least 4 members (excludes halogenated alkanes) is 2. The number of phenols is 1. The molecule has 8 heteroatoms. The standard InChI is InChI=1S/C22H28Cl2N2O4/c23-18-12-16(13-19(24)22(18)25)20(28)14-26-9-3-1-2-7-21(29)30-10-8-15-5-4-6-17(27)11-15/h4-6,11-13,20,26-28H,1-3,7-10,14,25H2. The number of nitrogen functional groups attached to an aromatic ring is 1. The van der Waals surface area contributed by atoms with E-state index in [4.69, 9.17) is 33.7 Å².